The van der Waals surface area contributed by atoms with Crippen molar-refractivity contribution in [2.24, 2.45) is 16.9 Å². The summed E-state index contributed by atoms with van der Waals surface area (Å²) in [5, 5.41) is 18.0. The Morgan fingerprint density at radius 2 is 1.53 bits per heavy atom. The molecular formula is C27H32N4O3. The van der Waals surface area contributed by atoms with Crippen LogP contribution in [0.3, 0.4) is 0 Å². The Kier molecular flexibility index (Phi) is 6.61. The highest BCUT2D eigenvalue weighted by Crippen LogP contribution is 2.38. The summed E-state index contributed by atoms with van der Waals surface area (Å²) in [4.78, 5) is 26.5. The number of carbonyl (C=O) groups excluding carboxylic acids is 1. The first-order valence-electron chi connectivity index (χ1n) is 12.7. The average Bonchev–Trinajstić information content (AvgIpc) is 3.00. The van der Waals surface area contributed by atoms with E-state index in [1.807, 2.05) is 18.2 Å². The zero-order valence-corrected chi connectivity index (χ0v) is 19.6. The van der Waals surface area contributed by atoms with Crippen molar-refractivity contribution < 1.29 is 9.72 Å². The van der Waals surface area contributed by atoms with Gasteiger partial charge in [0, 0.05) is 30.2 Å². The second kappa shape index (κ2) is 9.95. The fourth-order valence-electron chi connectivity index (χ4n) is 5.71. The van der Waals surface area contributed by atoms with E-state index < -0.39 is 4.92 Å². The van der Waals surface area contributed by atoms with Crippen LogP contribution in [0.5, 0.6) is 0 Å². The Labute approximate surface area is 200 Å². The fourth-order valence-corrected chi connectivity index (χ4v) is 5.71. The lowest BCUT2D eigenvalue weighted by Crippen LogP contribution is -2.40. The first-order valence-corrected chi connectivity index (χ1v) is 12.7. The second-order valence-electron chi connectivity index (χ2n) is 9.81. The van der Waals surface area contributed by atoms with Crippen molar-refractivity contribution in [1.82, 2.24) is 5.01 Å². The number of anilines is 2. The average molecular weight is 461 g/mol. The Morgan fingerprint density at radius 3 is 2.21 bits per heavy atom. The van der Waals surface area contributed by atoms with Crippen LogP contribution in [0.25, 0.3) is 0 Å². The number of nitro groups is 1. The number of nitrogens with zero attached hydrogens (tertiary/aromatic N) is 4. The third-order valence-electron chi connectivity index (χ3n) is 7.53. The van der Waals surface area contributed by atoms with Gasteiger partial charge in [0.2, 0.25) is 0 Å². The molecule has 34 heavy (non-hydrogen) atoms. The van der Waals surface area contributed by atoms with Gasteiger partial charge in [-0.15, -0.1) is 0 Å². The first kappa shape index (κ1) is 22.6. The summed E-state index contributed by atoms with van der Waals surface area (Å²) in [5.74, 6) is 0.794. The van der Waals surface area contributed by atoms with Gasteiger partial charge >= 0.3 is 6.03 Å². The van der Waals surface area contributed by atoms with E-state index in [4.69, 9.17) is 5.10 Å². The van der Waals surface area contributed by atoms with Crippen molar-refractivity contribution in [3.63, 3.8) is 0 Å². The topological polar surface area (TPSA) is 79.0 Å². The number of non-ortho nitro benzene ring substituents is 1. The maximum Gasteiger partial charge on any atom is 0.349 e. The molecule has 5 rings (SSSR count). The van der Waals surface area contributed by atoms with E-state index in [0.29, 0.717) is 24.1 Å². The van der Waals surface area contributed by atoms with Crippen molar-refractivity contribution in [3.8, 4) is 0 Å². The number of rotatable bonds is 5. The molecule has 178 valence electrons. The van der Waals surface area contributed by atoms with Gasteiger partial charge in [-0.3, -0.25) is 15.0 Å². The van der Waals surface area contributed by atoms with Crippen molar-refractivity contribution in [3.05, 3.63) is 64.2 Å². The molecule has 0 N–H and O–H groups in total. The molecule has 0 spiro atoms. The highest BCUT2D eigenvalue weighted by atomic mass is 16.6. The number of carbonyl (C=O) groups is 1. The van der Waals surface area contributed by atoms with E-state index >= 15 is 0 Å². The standard InChI is InChI=1S/C27H32N4O3/c32-27-29(19-20-9-3-1-4-10-20)28-26(21-11-5-2-6-12-21)24-13-7-8-14-25(24)30(27)22-15-17-23(18-16-22)31(33)34/h7-8,13-18,20-21H,1-6,9-12,19H2. The summed E-state index contributed by atoms with van der Waals surface area (Å²) < 4.78 is 0. The van der Waals surface area contributed by atoms with Crippen LogP contribution < -0.4 is 4.90 Å². The Bertz CT molecular complexity index is 1070. The molecule has 2 saturated carbocycles. The number of urea groups is 1. The SMILES string of the molecule is O=C1N(CC2CCCCC2)N=C(C2CCCCC2)c2ccccc2N1c1ccc([N+](=O)[O-])cc1. The number of amides is 2. The van der Waals surface area contributed by atoms with Crippen molar-refractivity contribution in [1.29, 1.82) is 0 Å². The smallest absolute Gasteiger partial charge is 0.261 e. The molecule has 7 heteroatoms. The molecule has 0 atom stereocenters. The summed E-state index contributed by atoms with van der Waals surface area (Å²) in [6, 6.07) is 14.1. The predicted molar refractivity (Wildman–Crippen MR) is 133 cm³/mol. The molecule has 0 radical (unpaired) electrons. The Morgan fingerprint density at radius 1 is 0.882 bits per heavy atom. The van der Waals surface area contributed by atoms with Gasteiger partial charge in [0.05, 0.1) is 22.0 Å². The van der Waals surface area contributed by atoms with Gasteiger partial charge in [-0.25, -0.2) is 9.80 Å². The summed E-state index contributed by atoms with van der Waals surface area (Å²) in [6.45, 7) is 0.618. The molecule has 0 saturated heterocycles. The molecule has 2 aromatic carbocycles. The minimum atomic E-state index is -0.415. The minimum Gasteiger partial charge on any atom is -0.261 e. The van der Waals surface area contributed by atoms with Crippen LogP contribution >= 0.6 is 0 Å². The molecule has 0 unspecified atom stereocenters. The molecule has 2 aliphatic carbocycles. The summed E-state index contributed by atoms with van der Waals surface area (Å²) in [5.41, 5.74) is 3.45. The van der Waals surface area contributed by atoms with E-state index in [0.717, 1.165) is 42.6 Å². The van der Waals surface area contributed by atoms with Crippen LogP contribution in [-0.2, 0) is 0 Å². The molecule has 2 amide bonds. The normalized spacial score (nSPS) is 20.0. The largest absolute Gasteiger partial charge is 0.349 e. The van der Waals surface area contributed by atoms with Gasteiger partial charge in [-0.1, -0.05) is 56.7 Å². The first-order chi connectivity index (χ1) is 16.6. The van der Waals surface area contributed by atoms with Crippen LogP contribution in [0.2, 0.25) is 0 Å². The summed E-state index contributed by atoms with van der Waals surface area (Å²) in [7, 11) is 0. The molecule has 1 heterocycles. The number of nitro benzene ring substituents is 1. The van der Waals surface area contributed by atoms with Crippen LogP contribution in [0.1, 0.15) is 69.8 Å². The Hall–Kier alpha value is -3.22. The quantitative estimate of drug-likeness (QED) is 0.355. The van der Waals surface area contributed by atoms with Crippen LogP contribution in [-0.4, -0.2) is 28.2 Å². The third kappa shape index (κ3) is 4.56. The van der Waals surface area contributed by atoms with Crippen molar-refractivity contribution in [2.45, 2.75) is 64.2 Å². The monoisotopic (exact) mass is 460 g/mol. The van der Waals surface area contributed by atoms with E-state index in [2.05, 4.69) is 6.07 Å². The molecule has 0 bridgehead atoms. The van der Waals surface area contributed by atoms with Gasteiger partial charge in [-0.05, 0) is 49.8 Å². The zero-order chi connectivity index (χ0) is 23.5. The highest BCUT2D eigenvalue weighted by molar-refractivity contribution is 6.13. The number of benzene rings is 2. The molecular weight excluding hydrogens is 428 g/mol. The maximum absolute atomic E-state index is 14.0. The maximum atomic E-state index is 14.0. The third-order valence-corrected chi connectivity index (χ3v) is 7.53. The van der Waals surface area contributed by atoms with Crippen LogP contribution in [0, 0.1) is 22.0 Å². The molecule has 0 aromatic heterocycles. The van der Waals surface area contributed by atoms with Gasteiger partial charge < -0.3 is 0 Å². The predicted octanol–water partition coefficient (Wildman–Crippen LogP) is 7.03. The van der Waals surface area contributed by atoms with Gasteiger partial charge in [-0.2, -0.15) is 5.10 Å². The number of hydrazone groups is 1. The highest BCUT2D eigenvalue weighted by Gasteiger charge is 2.35. The number of hydrogen-bond donors (Lipinski definition) is 0. The van der Waals surface area contributed by atoms with E-state index in [1.165, 1.54) is 50.7 Å². The molecule has 2 fully saturated rings. The van der Waals surface area contributed by atoms with Gasteiger partial charge in [0.1, 0.15) is 0 Å². The van der Waals surface area contributed by atoms with E-state index in [9.17, 15) is 14.9 Å². The minimum absolute atomic E-state index is 0.0116. The van der Waals surface area contributed by atoms with Crippen LogP contribution in [0.4, 0.5) is 21.9 Å². The fraction of sp³-hybridized carbons (Fsp3) is 0.481. The lowest BCUT2D eigenvalue weighted by atomic mass is 9.83. The molecule has 1 aliphatic heterocycles. The summed E-state index contributed by atoms with van der Waals surface area (Å²) in [6.07, 6.45) is 11.8. The zero-order valence-electron chi connectivity index (χ0n) is 19.6. The van der Waals surface area contributed by atoms with E-state index in [-0.39, 0.29) is 11.7 Å². The molecule has 3 aliphatic rings. The molecule has 7 nitrogen and oxygen atoms in total. The molecule has 2 aromatic rings. The Balaban J connectivity index is 1.59. The second-order valence-corrected chi connectivity index (χ2v) is 9.81. The number of hydrogen-bond acceptors (Lipinski definition) is 4. The van der Waals surface area contributed by atoms with Gasteiger partial charge in [0.25, 0.3) is 5.69 Å². The van der Waals surface area contributed by atoms with E-state index in [1.54, 1.807) is 22.0 Å². The van der Waals surface area contributed by atoms with Crippen molar-refractivity contribution >= 4 is 28.8 Å². The van der Waals surface area contributed by atoms with Crippen molar-refractivity contribution in [2.75, 3.05) is 11.4 Å². The lowest BCUT2D eigenvalue weighted by Gasteiger charge is -2.30. The van der Waals surface area contributed by atoms with Gasteiger partial charge in [0.15, 0.2) is 0 Å². The number of fused-ring (bicyclic) bond motifs is 1. The summed E-state index contributed by atoms with van der Waals surface area (Å²) >= 11 is 0. The lowest BCUT2D eigenvalue weighted by molar-refractivity contribution is -0.384. The van der Waals surface area contributed by atoms with Crippen LogP contribution in [0.15, 0.2) is 53.6 Å². The number of para-hydroxylation sites is 1.